The van der Waals surface area contributed by atoms with Gasteiger partial charge in [0.1, 0.15) is 17.2 Å². The molecule has 3 aromatic carbocycles. The van der Waals surface area contributed by atoms with Crippen LogP contribution in [0.5, 0.6) is 17.2 Å². The van der Waals surface area contributed by atoms with Gasteiger partial charge in [0.25, 0.3) is 0 Å². The molecule has 0 aliphatic heterocycles. The van der Waals surface area contributed by atoms with E-state index in [0.717, 1.165) is 30.8 Å². The highest BCUT2D eigenvalue weighted by Crippen LogP contribution is 2.23. The van der Waals surface area contributed by atoms with Gasteiger partial charge in [-0.05, 0) is 79.3 Å². The van der Waals surface area contributed by atoms with Gasteiger partial charge >= 0.3 is 5.97 Å². The number of para-hydroxylation sites is 1. The predicted octanol–water partition coefficient (Wildman–Crippen LogP) is 8.06. The van der Waals surface area contributed by atoms with Gasteiger partial charge in [-0.15, -0.1) is 0 Å². The fraction of sp³-hybridized carbons (Fsp3) is 0.333. The average Bonchev–Trinajstić information content (AvgIpc) is 2.89. The van der Waals surface area contributed by atoms with Gasteiger partial charge in [-0.2, -0.15) is 12.6 Å². The summed E-state index contributed by atoms with van der Waals surface area (Å²) in [6.07, 6.45) is 9.67. The number of hydrogen-bond donors (Lipinski definition) is 1. The lowest BCUT2D eigenvalue weighted by atomic mass is 10.0. The molecule has 0 unspecified atom stereocenters. The number of rotatable bonds is 15. The number of ketones is 1. The number of esters is 1. The SMILES string of the molecule is O=C(CCCCCCCCCCS)Oc1ccc(C(=O)c2ccc(Oc3ccccc3)cc2)cc1. The van der Waals surface area contributed by atoms with Crippen molar-refractivity contribution in [1.29, 1.82) is 0 Å². The van der Waals surface area contributed by atoms with Crippen LogP contribution in [0.3, 0.4) is 0 Å². The van der Waals surface area contributed by atoms with Crippen LogP contribution in [0.4, 0.5) is 0 Å². The van der Waals surface area contributed by atoms with Crippen molar-refractivity contribution in [1.82, 2.24) is 0 Å². The Morgan fingerprint density at radius 1 is 0.571 bits per heavy atom. The molecule has 5 heteroatoms. The lowest BCUT2D eigenvalue weighted by Crippen LogP contribution is -2.08. The Labute approximate surface area is 214 Å². The van der Waals surface area contributed by atoms with E-state index in [-0.39, 0.29) is 11.8 Å². The monoisotopic (exact) mass is 490 g/mol. The third-order valence-electron chi connectivity index (χ3n) is 5.73. The van der Waals surface area contributed by atoms with E-state index in [0.29, 0.717) is 29.0 Å². The summed E-state index contributed by atoms with van der Waals surface area (Å²) in [4.78, 5) is 24.9. The molecule has 0 radical (unpaired) electrons. The van der Waals surface area contributed by atoms with Crippen LogP contribution in [0.15, 0.2) is 78.9 Å². The van der Waals surface area contributed by atoms with Gasteiger partial charge in [-0.3, -0.25) is 9.59 Å². The van der Waals surface area contributed by atoms with Crippen LogP contribution in [-0.2, 0) is 4.79 Å². The van der Waals surface area contributed by atoms with Crippen LogP contribution in [-0.4, -0.2) is 17.5 Å². The van der Waals surface area contributed by atoms with E-state index in [9.17, 15) is 9.59 Å². The van der Waals surface area contributed by atoms with Crippen molar-refractivity contribution in [2.75, 3.05) is 5.75 Å². The summed E-state index contributed by atoms with van der Waals surface area (Å²) in [5, 5.41) is 0. The van der Waals surface area contributed by atoms with Crippen LogP contribution in [0.2, 0.25) is 0 Å². The standard InChI is InChI=1S/C30H34O4S/c31-29(14-10-5-3-1-2-4-6-11-23-35)34-28-21-17-25(18-22-28)30(32)24-15-19-27(20-16-24)33-26-12-8-7-9-13-26/h7-9,12-13,15-22,35H,1-6,10-11,14,23H2. The zero-order chi connectivity index (χ0) is 24.7. The van der Waals surface area contributed by atoms with E-state index in [4.69, 9.17) is 9.47 Å². The molecular formula is C30H34O4S. The maximum atomic E-state index is 12.8. The highest BCUT2D eigenvalue weighted by molar-refractivity contribution is 7.80. The Bertz CT molecular complexity index is 1030. The average molecular weight is 491 g/mol. The Morgan fingerprint density at radius 3 is 1.63 bits per heavy atom. The first-order valence-corrected chi connectivity index (χ1v) is 13.1. The van der Waals surface area contributed by atoms with Crippen molar-refractivity contribution in [3.63, 3.8) is 0 Å². The lowest BCUT2D eigenvalue weighted by Gasteiger charge is -2.08. The summed E-state index contributed by atoms with van der Waals surface area (Å²) in [6, 6.07) is 23.3. The Kier molecular flexibility index (Phi) is 11.4. The fourth-order valence-electron chi connectivity index (χ4n) is 3.76. The fourth-order valence-corrected chi connectivity index (χ4v) is 3.99. The smallest absolute Gasteiger partial charge is 0.311 e. The molecule has 35 heavy (non-hydrogen) atoms. The molecule has 0 aliphatic rings. The van der Waals surface area contributed by atoms with Gasteiger partial charge in [0.15, 0.2) is 5.78 Å². The second kappa shape index (κ2) is 15.0. The molecule has 0 heterocycles. The van der Waals surface area contributed by atoms with Crippen molar-refractivity contribution in [3.8, 4) is 17.2 Å². The normalized spacial score (nSPS) is 10.7. The summed E-state index contributed by atoms with van der Waals surface area (Å²) in [6.45, 7) is 0. The summed E-state index contributed by atoms with van der Waals surface area (Å²) >= 11 is 4.23. The maximum Gasteiger partial charge on any atom is 0.311 e. The van der Waals surface area contributed by atoms with Crippen molar-refractivity contribution < 1.29 is 19.1 Å². The van der Waals surface area contributed by atoms with Gasteiger partial charge in [0.05, 0.1) is 0 Å². The molecule has 0 N–H and O–H groups in total. The number of ether oxygens (including phenoxy) is 2. The molecule has 0 aromatic heterocycles. The number of unbranched alkanes of at least 4 members (excludes halogenated alkanes) is 7. The number of thiol groups is 1. The number of carbonyl (C=O) groups excluding carboxylic acids is 2. The molecule has 0 bridgehead atoms. The molecule has 4 nitrogen and oxygen atoms in total. The first-order valence-electron chi connectivity index (χ1n) is 12.4. The first-order chi connectivity index (χ1) is 17.2. The van der Waals surface area contributed by atoms with E-state index in [1.54, 1.807) is 48.5 Å². The minimum Gasteiger partial charge on any atom is -0.457 e. The van der Waals surface area contributed by atoms with Crippen molar-refractivity contribution in [3.05, 3.63) is 90.0 Å². The minimum atomic E-state index is -0.230. The second-order valence-electron chi connectivity index (χ2n) is 8.57. The lowest BCUT2D eigenvalue weighted by molar-refractivity contribution is -0.134. The zero-order valence-electron chi connectivity index (χ0n) is 20.2. The number of hydrogen-bond acceptors (Lipinski definition) is 5. The molecule has 0 atom stereocenters. The van der Waals surface area contributed by atoms with Crippen LogP contribution in [0, 0.1) is 0 Å². The van der Waals surface area contributed by atoms with Crippen LogP contribution >= 0.6 is 12.6 Å². The van der Waals surface area contributed by atoms with E-state index >= 15 is 0 Å². The van der Waals surface area contributed by atoms with Crippen molar-refractivity contribution in [2.24, 2.45) is 0 Å². The Morgan fingerprint density at radius 2 is 1.06 bits per heavy atom. The van der Waals surface area contributed by atoms with Gasteiger partial charge in [0.2, 0.25) is 0 Å². The summed E-state index contributed by atoms with van der Waals surface area (Å²) < 4.78 is 11.2. The molecule has 0 fully saturated rings. The highest BCUT2D eigenvalue weighted by atomic mass is 32.1. The second-order valence-corrected chi connectivity index (χ2v) is 9.02. The number of carbonyl (C=O) groups is 2. The van der Waals surface area contributed by atoms with Gasteiger partial charge in [0, 0.05) is 17.5 Å². The molecular weight excluding hydrogens is 456 g/mol. The minimum absolute atomic E-state index is 0.0974. The zero-order valence-corrected chi connectivity index (χ0v) is 21.1. The molecule has 0 aliphatic carbocycles. The molecule has 0 saturated carbocycles. The van der Waals surface area contributed by atoms with E-state index in [1.165, 1.54) is 32.1 Å². The van der Waals surface area contributed by atoms with Crippen molar-refractivity contribution >= 4 is 24.4 Å². The third kappa shape index (κ3) is 9.61. The van der Waals surface area contributed by atoms with Crippen LogP contribution < -0.4 is 9.47 Å². The quantitative estimate of drug-likeness (QED) is 0.0769. The molecule has 0 saturated heterocycles. The number of benzene rings is 3. The van der Waals surface area contributed by atoms with Crippen LogP contribution in [0.1, 0.15) is 73.7 Å². The van der Waals surface area contributed by atoms with E-state index in [2.05, 4.69) is 12.6 Å². The third-order valence-corrected chi connectivity index (χ3v) is 6.05. The van der Waals surface area contributed by atoms with Crippen LogP contribution in [0.25, 0.3) is 0 Å². The van der Waals surface area contributed by atoms with Crippen molar-refractivity contribution in [2.45, 2.75) is 57.8 Å². The summed E-state index contributed by atoms with van der Waals surface area (Å²) in [5.41, 5.74) is 1.10. The highest BCUT2D eigenvalue weighted by Gasteiger charge is 2.11. The molecule has 184 valence electrons. The predicted molar refractivity (Wildman–Crippen MR) is 144 cm³/mol. The molecule has 0 spiro atoms. The Balaban J connectivity index is 1.39. The molecule has 3 aromatic rings. The van der Waals surface area contributed by atoms with Gasteiger partial charge in [-0.1, -0.05) is 56.7 Å². The maximum absolute atomic E-state index is 12.8. The molecule has 0 amide bonds. The van der Waals surface area contributed by atoms with E-state index < -0.39 is 0 Å². The van der Waals surface area contributed by atoms with Gasteiger partial charge in [-0.25, -0.2) is 0 Å². The largest absolute Gasteiger partial charge is 0.457 e. The van der Waals surface area contributed by atoms with Gasteiger partial charge < -0.3 is 9.47 Å². The first kappa shape index (κ1) is 26.6. The summed E-state index contributed by atoms with van der Waals surface area (Å²) in [7, 11) is 0. The van der Waals surface area contributed by atoms with E-state index in [1.807, 2.05) is 30.3 Å². The Hall–Kier alpha value is -3.05. The molecule has 3 rings (SSSR count). The topological polar surface area (TPSA) is 52.6 Å². The summed E-state index contributed by atoms with van der Waals surface area (Å²) in [5.74, 6) is 2.51.